The Bertz CT molecular complexity index is 450. The molecule has 0 saturated heterocycles. The molecule has 0 spiro atoms. The summed E-state index contributed by atoms with van der Waals surface area (Å²) in [5.41, 5.74) is 0. The monoisotopic (exact) mass is 268 g/mol. The van der Waals surface area contributed by atoms with Gasteiger partial charge in [-0.05, 0) is 0 Å². The Balaban J connectivity index is 1.92. The maximum atomic E-state index is 4.27. The minimum Gasteiger partial charge on any atom is -0.349 e. The van der Waals surface area contributed by atoms with Crippen LogP contribution in [0.25, 0.3) is 0 Å². The smallest absolute Gasteiger partial charge is 0.208 e. The fourth-order valence-corrected chi connectivity index (χ4v) is 2.79. The molecule has 0 fully saturated rings. The van der Waals surface area contributed by atoms with Crippen molar-refractivity contribution in [1.82, 2.24) is 15.2 Å². The van der Waals surface area contributed by atoms with Crippen LogP contribution in [0.1, 0.15) is 29.8 Å². The highest BCUT2D eigenvalue weighted by molar-refractivity contribution is 7.15. The number of hydrogen-bond acceptors (Lipinski definition) is 6. The Hall–Kier alpha value is -1.01. The van der Waals surface area contributed by atoms with E-state index in [0.29, 0.717) is 5.92 Å². The number of thiazole rings is 1. The van der Waals surface area contributed by atoms with Gasteiger partial charge in [-0.15, -0.1) is 21.5 Å². The fourth-order valence-electron chi connectivity index (χ4n) is 1.35. The molecular formula is C11H16N4S2. The third-order valence-corrected chi connectivity index (χ3v) is 4.57. The average molecular weight is 268 g/mol. The summed E-state index contributed by atoms with van der Waals surface area (Å²) in [5.74, 6) is 0.452. The molecule has 0 unspecified atom stereocenters. The van der Waals surface area contributed by atoms with Crippen LogP contribution in [0, 0.1) is 0 Å². The summed E-state index contributed by atoms with van der Waals surface area (Å²) in [5, 5.41) is 13.7. The molecule has 0 aliphatic carbocycles. The SMILES string of the molecule is CC(C)c1nnc(N(C)CCc2nccs2)s1. The lowest BCUT2D eigenvalue weighted by Gasteiger charge is -2.13. The molecule has 0 amide bonds. The molecule has 17 heavy (non-hydrogen) atoms. The number of aromatic nitrogens is 3. The van der Waals surface area contributed by atoms with Crippen LogP contribution >= 0.6 is 22.7 Å². The molecule has 6 heteroatoms. The predicted molar refractivity (Wildman–Crippen MR) is 73.1 cm³/mol. The van der Waals surface area contributed by atoms with E-state index in [1.807, 2.05) is 11.6 Å². The topological polar surface area (TPSA) is 41.9 Å². The van der Waals surface area contributed by atoms with E-state index in [9.17, 15) is 0 Å². The normalized spacial score (nSPS) is 11.1. The summed E-state index contributed by atoms with van der Waals surface area (Å²) in [6, 6.07) is 0. The Morgan fingerprint density at radius 3 is 2.76 bits per heavy atom. The minimum atomic E-state index is 0.452. The van der Waals surface area contributed by atoms with E-state index in [1.165, 1.54) is 5.01 Å². The first-order valence-electron chi connectivity index (χ1n) is 5.59. The molecule has 2 aromatic heterocycles. The molecular weight excluding hydrogens is 252 g/mol. The quantitative estimate of drug-likeness (QED) is 0.836. The van der Waals surface area contributed by atoms with Crippen LogP contribution < -0.4 is 4.90 Å². The van der Waals surface area contributed by atoms with E-state index in [-0.39, 0.29) is 0 Å². The first-order valence-corrected chi connectivity index (χ1v) is 7.29. The lowest BCUT2D eigenvalue weighted by Crippen LogP contribution is -2.19. The van der Waals surface area contributed by atoms with Crippen LogP contribution in [0.4, 0.5) is 5.13 Å². The number of nitrogens with zero attached hydrogens (tertiary/aromatic N) is 4. The van der Waals surface area contributed by atoms with E-state index in [1.54, 1.807) is 22.7 Å². The van der Waals surface area contributed by atoms with Gasteiger partial charge in [-0.25, -0.2) is 4.98 Å². The number of likely N-dealkylation sites (N-methyl/N-ethyl adjacent to an activating group) is 1. The zero-order valence-corrected chi connectivity index (χ0v) is 11.9. The Morgan fingerprint density at radius 1 is 1.35 bits per heavy atom. The van der Waals surface area contributed by atoms with Crippen molar-refractivity contribution in [2.75, 3.05) is 18.5 Å². The van der Waals surface area contributed by atoms with Crippen LogP contribution in [0.15, 0.2) is 11.6 Å². The zero-order valence-electron chi connectivity index (χ0n) is 10.3. The molecule has 2 rings (SSSR count). The first-order chi connectivity index (χ1) is 8.16. The third-order valence-electron chi connectivity index (χ3n) is 2.39. The molecule has 0 atom stereocenters. The maximum absolute atomic E-state index is 4.27. The lowest BCUT2D eigenvalue weighted by molar-refractivity contribution is 0.813. The highest BCUT2D eigenvalue weighted by Gasteiger charge is 2.11. The summed E-state index contributed by atoms with van der Waals surface area (Å²) in [4.78, 5) is 6.42. The van der Waals surface area contributed by atoms with Crippen molar-refractivity contribution < 1.29 is 0 Å². The van der Waals surface area contributed by atoms with Gasteiger partial charge in [-0.2, -0.15) is 0 Å². The van der Waals surface area contributed by atoms with E-state index < -0.39 is 0 Å². The van der Waals surface area contributed by atoms with Crippen LogP contribution in [-0.4, -0.2) is 28.8 Å². The van der Waals surface area contributed by atoms with Crippen molar-refractivity contribution >= 4 is 27.8 Å². The van der Waals surface area contributed by atoms with Crippen molar-refractivity contribution in [1.29, 1.82) is 0 Å². The molecule has 0 saturated carbocycles. The molecule has 2 aromatic rings. The Kier molecular flexibility index (Phi) is 4.06. The summed E-state index contributed by atoms with van der Waals surface area (Å²) in [7, 11) is 2.05. The fraction of sp³-hybridized carbons (Fsp3) is 0.545. The van der Waals surface area contributed by atoms with Crippen molar-refractivity contribution in [3.63, 3.8) is 0 Å². The number of hydrogen-bond donors (Lipinski definition) is 0. The maximum Gasteiger partial charge on any atom is 0.208 e. The van der Waals surface area contributed by atoms with Gasteiger partial charge in [0.2, 0.25) is 5.13 Å². The average Bonchev–Trinajstić information content (AvgIpc) is 2.96. The van der Waals surface area contributed by atoms with Crippen molar-refractivity contribution in [2.45, 2.75) is 26.2 Å². The Labute approximate surface area is 109 Å². The van der Waals surface area contributed by atoms with Crippen LogP contribution in [0.2, 0.25) is 0 Å². The molecule has 0 aromatic carbocycles. The van der Waals surface area contributed by atoms with Gasteiger partial charge < -0.3 is 4.90 Å². The molecule has 0 aliphatic rings. The van der Waals surface area contributed by atoms with Crippen LogP contribution in [0.5, 0.6) is 0 Å². The zero-order chi connectivity index (χ0) is 12.3. The molecule has 0 bridgehead atoms. The minimum absolute atomic E-state index is 0.452. The van der Waals surface area contributed by atoms with Gasteiger partial charge in [0.15, 0.2) is 0 Å². The van der Waals surface area contributed by atoms with Gasteiger partial charge in [-0.1, -0.05) is 25.2 Å². The predicted octanol–water partition coefficient (Wildman–Crippen LogP) is 2.80. The van der Waals surface area contributed by atoms with Gasteiger partial charge in [0.25, 0.3) is 0 Å². The van der Waals surface area contributed by atoms with E-state index >= 15 is 0 Å². The summed E-state index contributed by atoms with van der Waals surface area (Å²) in [6.07, 6.45) is 2.81. The third kappa shape index (κ3) is 3.23. The van der Waals surface area contributed by atoms with Crippen molar-refractivity contribution in [3.05, 3.63) is 21.6 Å². The highest BCUT2D eigenvalue weighted by Crippen LogP contribution is 2.24. The molecule has 0 aliphatic heterocycles. The molecule has 92 valence electrons. The van der Waals surface area contributed by atoms with Gasteiger partial charge in [0.05, 0.1) is 5.01 Å². The van der Waals surface area contributed by atoms with Crippen LogP contribution in [-0.2, 0) is 6.42 Å². The summed E-state index contributed by atoms with van der Waals surface area (Å²) >= 11 is 3.37. The second-order valence-electron chi connectivity index (χ2n) is 4.17. The number of anilines is 1. The Morgan fingerprint density at radius 2 is 2.18 bits per heavy atom. The molecule has 0 N–H and O–H groups in total. The van der Waals surface area contributed by atoms with Gasteiger partial charge in [0, 0.05) is 37.5 Å². The summed E-state index contributed by atoms with van der Waals surface area (Å²) < 4.78 is 0. The van der Waals surface area contributed by atoms with Gasteiger partial charge in [0.1, 0.15) is 5.01 Å². The number of rotatable bonds is 5. The molecule has 4 nitrogen and oxygen atoms in total. The second kappa shape index (κ2) is 5.55. The van der Waals surface area contributed by atoms with Crippen molar-refractivity contribution in [3.8, 4) is 0 Å². The van der Waals surface area contributed by atoms with E-state index in [2.05, 4.69) is 41.0 Å². The highest BCUT2D eigenvalue weighted by atomic mass is 32.1. The summed E-state index contributed by atoms with van der Waals surface area (Å²) in [6.45, 7) is 5.21. The van der Waals surface area contributed by atoms with Gasteiger partial charge in [-0.3, -0.25) is 0 Å². The lowest BCUT2D eigenvalue weighted by atomic mass is 10.2. The van der Waals surface area contributed by atoms with Gasteiger partial charge >= 0.3 is 0 Å². The molecule has 0 radical (unpaired) electrons. The van der Waals surface area contributed by atoms with E-state index in [0.717, 1.165) is 23.1 Å². The van der Waals surface area contributed by atoms with E-state index in [4.69, 9.17) is 0 Å². The first kappa shape index (κ1) is 12.4. The molecule has 2 heterocycles. The van der Waals surface area contributed by atoms with Crippen LogP contribution in [0.3, 0.4) is 0 Å². The standard InChI is InChI=1S/C11H16N4S2/c1-8(2)10-13-14-11(17-10)15(3)6-4-9-12-5-7-16-9/h5,7-8H,4,6H2,1-3H3. The van der Waals surface area contributed by atoms with Crippen molar-refractivity contribution in [2.24, 2.45) is 0 Å². The largest absolute Gasteiger partial charge is 0.349 e. The second-order valence-corrected chi connectivity index (χ2v) is 6.14.